The summed E-state index contributed by atoms with van der Waals surface area (Å²) in [6.45, 7) is 0.671. The molecule has 1 saturated heterocycles. The Bertz CT molecular complexity index is 538. The number of likely N-dealkylation sites (tertiary alicyclic amines) is 1. The predicted molar refractivity (Wildman–Crippen MR) is 91.4 cm³/mol. The molecule has 3 N–H and O–H groups in total. The molecule has 2 heterocycles. The number of nitrogens with zero attached hydrogens (tertiary/aromatic N) is 1. The van der Waals surface area contributed by atoms with Crippen molar-refractivity contribution in [3.8, 4) is 0 Å². The first kappa shape index (κ1) is 16.5. The Labute approximate surface area is 141 Å². The van der Waals surface area contributed by atoms with Gasteiger partial charge in [-0.3, -0.25) is 9.59 Å². The third-order valence-corrected chi connectivity index (χ3v) is 5.77. The monoisotopic (exact) mass is 335 g/mol. The SMILES string of the molecule is NC1CCC(NC(=O)C2CCCCN2C(=O)c2cccs2)CC1. The summed E-state index contributed by atoms with van der Waals surface area (Å²) in [7, 11) is 0. The second-order valence-electron chi connectivity index (χ2n) is 6.61. The first-order valence-corrected chi connectivity index (χ1v) is 9.43. The van der Waals surface area contributed by atoms with Crippen molar-refractivity contribution in [1.29, 1.82) is 0 Å². The average molecular weight is 335 g/mol. The summed E-state index contributed by atoms with van der Waals surface area (Å²) in [5, 5.41) is 5.05. The van der Waals surface area contributed by atoms with E-state index < -0.39 is 0 Å². The highest BCUT2D eigenvalue weighted by atomic mass is 32.1. The van der Waals surface area contributed by atoms with Crippen molar-refractivity contribution in [1.82, 2.24) is 10.2 Å². The van der Waals surface area contributed by atoms with Crippen LogP contribution in [0, 0.1) is 0 Å². The Balaban J connectivity index is 1.63. The highest BCUT2D eigenvalue weighted by molar-refractivity contribution is 7.12. The predicted octanol–water partition coefficient (Wildman–Crippen LogP) is 2.13. The molecule has 6 heteroatoms. The summed E-state index contributed by atoms with van der Waals surface area (Å²) in [6.07, 6.45) is 6.55. The first-order valence-electron chi connectivity index (χ1n) is 8.55. The quantitative estimate of drug-likeness (QED) is 0.888. The normalized spacial score (nSPS) is 28.4. The molecule has 2 amide bonds. The maximum atomic E-state index is 12.7. The van der Waals surface area contributed by atoms with Gasteiger partial charge in [0.1, 0.15) is 6.04 Å². The van der Waals surface area contributed by atoms with Crippen LogP contribution < -0.4 is 11.1 Å². The second-order valence-corrected chi connectivity index (χ2v) is 7.56. The zero-order valence-electron chi connectivity index (χ0n) is 13.4. The summed E-state index contributed by atoms with van der Waals surface area (Å²) in [6, 6.07) is 3.87. The third kappa shape index (κ3) is 3.93. The van der Waals surface area contributed by atoms with Crippen LogP contribution in [0.25, 0.3) is 0 Å². The van der Waals surface area contributed by atoms with Gasteiger partial charge in [-0.15, -0.1) is 11.3 Å². The Kier molecular flexibility index (Phi) is 5.33. The highest BCUT2D eigenvalue weighted by Crippen LogP contribution is 2.23. The number of nitrogens with one attached hydrogen (secondary N) is 1. The molecular formula is C17H25N3O2S. The summed E-state index contributed by atoms with van der Waals surface area (Å²) in [5.74, 6) is 0.000550. The molecule has 126 valence electrons. The smallest absolute Gasteiger partial charge is 0.264 e. The number of hydrogen-bond acceptors (Lipinski definition) is 4. The first-order chi connectivity index (χ1) is 11.1. The van der Waals surface area contributed by atoms with E-state index in [4.69, 9.17) is 5.73 Å². The number of hydrogen-bond donors (Lipinski definition) is 2. The van der Waals surface area contributed by atoms with Gasteiger partial charge in [-0.2, -0.15) is 0 Å². The molecule has 1 aliphatic carbocycles. The topological polar surface area (TPSA) is 75.4 Å². The number of amides is 2. The van der Waals surface area contributed by atoms with Gasteiger partial charge in [0.25, 0.3) is 5.91 Å². The molecule has 2 fully saturated rings. The van der Waals surface area contributed by atoms with Crippen molar-refractivity contribution in [3.05, 3.63) is 22.4 Å². The Morgan fingerprint density at radius 1 is 1.17 bits per heavy atom. The van der Waals surface area contributed by atoms with Gasteiger partial charge in [-0.05, 0) is 56.4 Å². The van der Waals surface area contributed by atoms with Crippen molar-refractivity contribution in [2.75, 3.05) is 6.54 Å². The maximum absolute atomic E-state index is 12.7. The molecular weight excluding hydrogens is 310 g/mol. The number of rotatable bonds is 3. The summed E-state index contributed by atoms with van der Waals surface area (Å²) in [5.41, 5.74) is 5.92. The van der Waals surface area contributed by atoms with E-state index in [9.17, 15) is 9.59 Å². The van der Waals surface area contributed by atoms with Crippen LogP contribution in [0.4, 0.5) is 0 Å². The molecule has 1 aromatic rings. The lowest BCUT2D eigenvalue weighted by Crippen LogP contribution is -2.54. The van der Waals surface area contributed by atoms with Crippen LogP contribution >= 0.6 is 11.3 Å². The third-order valence-electron chi connectivity index (χ3n) is 4.92. The van der Waals surface area contributed by atoms with Crippen LogP contribution in [0.15, 0.2) is 17.5 Å². The molecule has 1 unspecified atom stereocenters. The lowest BCUT2D eigenvalue weighted by molar-refractivity contribution is -0.127. The molecule has 1 atom stereocenters. The standard InChI is InChI=1S/C17H25N3O2S/c18-12-6-8-13(9-7-12)19-16(21)14-4-1-2-10-20(14)17(22)15-5-3-11-23-15/h3,5,11-14H,1-2,4,6-10,18H2,(H,19,21). The molecule has 3 rings (SSSR count). The number of nitrogens with two attached hydrogens (primary N) is 1. The zero-order chi connectivity index (χ0) is 16.2. The largest absolute Gasteiger partial charge is 0.352 e. The molecule has 1 aromatic heterocycles. The van der Waals surface area contributed by atoms with Gasteiger partial charge in [-0.1, -0.05) is 6.07 Å². The maximum Gasteiger partial charge on any atom is 0.264 e. The van der Waals surface area contributed by atoms with Crippen LogP contribution in [-0.4, -0.2) is 41.4 Å². The number of carbonyl (C=O) groups is 2. The van der Waals surface area contributed by atoms with Crippen molar-refractivity contribution >= 4 is 23.2 Å². The minimum absolute atomic E-state index is 0.00878. The van der Waals surface area contributed by atoms with Gasteiger partial charge in [-0.25, -0.2) is 0 Å². The van der Waals surface area contributed by atoms with E-state index in [-0.39, 0.29) is 29.9 Å². The molecule has 23 heavy (non-hydrogen) atoms. The number of carbonyl (C=O) groups excluding carboxylic acids is 2. The molecule has 1 aliphatic heterocycles. The second kappa shape index (κ2) is 7.45. The van der Waals surface area contributed by atoms with Crippen LogP contribution in [-0.2, 0) is 4.79 Å². The summed E-state index contributed by atoms with van der Waals surface area (Å²) in [4.78, 5) is 27.8. The van der Waals surface area contributed by atoms with Gasteiger partial charge in [0.15, 0.2) is 0 Å². The lowest BCUT2D eigenvalue weighted by Gasteiger charge is -2.36. The van der Waals surface area contributed by atoms with E-state index in [0.717, 1.165) is 44.9 Å². The Morgan fingerprint density at radius 2 is 1.96 bits per heavy atom. The van der Waals surface area contributed by atoms with Crippen LogP contribution in [0.2, 0.25) is 0 Å². The number of piperidine rings is 1. The Hall–Kier alpha value is -1.40. The van der Waals surface area contributed by atoms with E-state index in [2.05, 4.69) is 5.32 Å². The van der Waals surface area contributed by atoms with E-state index in [1.54, 1.807) is 4.90 Å². The molecule has 1 saturated carbocycles. The summed E-state index contributed by atoms with van der Waals surface area (Å²) >= 11 is 1.44. The van der Waals surface area contributed by atoms with Gasteiger partial charge >= 0.3 is 0 Å². The highest BCUT2D eigenvalue weighted by Gasteiger charge is 2.34. The fourth-order valence-electron chi connectivity index (χ4n) is 3.55. The van der Waals surface area contributed by atoms with Crippen LogP contribution in [0.5, 0.6) is 0 Å². The molecule has 0 aromatic carbocycles. The van der Waals surface area contributed by atoms with Gasteiger partial charge in [0, 0.05) is 18.6 Å². The lowest BCUT2D eigenvalue weighted by atomic mass is 9.91. The Morgan fingerprint density at radius 3 is 2.65 bits per heavy atom. The average Bonchev–Trinajstić information content (AvgIpc) is 3.11. The minimum atomic E-state index is -0.325. The van der Waals surface area contributed by atoms with E-state index in [1.807, 2.05) is 17.5 Å². The molecule has 0 bridgehead atoms. The van der Waals surface area contributed by atoms with Gasteiger partial charge in [0.2, 0.25) is 5.91 Å². The summed E-state index contributed by atoms with van der Waals surface area (Å²) < 4.78 is 0. The van der Waals surface area contributed by atoms with E-state index in [1.165, 1.54) is 11.3 Å². The molecule has 5 nitrogen and oxygen atoms in total. The minimum Gasteiger partial charge on any atom is -0.352 e. The molecule has 0 radical (unpaired) electrons. The van der Waals surface area contributed by atoms with E-state index >= 15 is 0 Å². The van der Waals surface area contributed by atoms with Crippen LogP contribution in [0.3, 0.4) is 0 Å². The fourth-order valence-corrected chi connectivity index (χ4v) is 4.23. The molecule has 0 spiro atoms. The van der Waals surface area contributed by atoms with Crippen LogP contribution in [0.1, 0.15) is 54.6 Å². The van der Waals surface area contributed by atoms with Crippen molar-refractivity contribution in [2.45, 2.75) is 63.1 Å². The van der Waals surface area contributed by atoms with E-state index in [0.29, 0.717) is 11.4 Å². The number of thiophene rings is 1. The van der Waals surface area contributed by atoms with Gasteiger partial charge in [0.05, 0.1) is 4.88 Å². The fraction of sp³-hybridized carbons (Fsp3) is 0.647. The van der Waals surface area contributed by atoms with Crippen molar-refractivity contribution < 1.29 is 9.59 Å². The van der Waals surface area contributed by atoms with Gasteiger partial charge < -0.3 is 16.0 Å². The zero-order valence-corrected chi connectivity index (χ0v) is 14.2. The van der Waals surface area contributed by atoms with Crippen molar-refractivity contribution in [2.24, 2.45) is 5.73 Å². The molecule has 2 aliphatic rings. The van der Waals surface area contributed by atoms with Crippen molar-refractivity contribution in [3.63, 3.8) is 0 Å².